The number of aryl methyl sites for hydroxylation is 2. The Bertz CT molecular complexity index is 634. The van der Waals surface area contributed by atoms with Gasteiger partial charge < -0.3 is 11.1 Å². The number of nitrogens with one attached hydrogen (secondary N) is 1. The molecule has 0 aliphatic rings. The van der Waals surface area contributed by atoms with Gasteiger partial charge in [0.25, 0.3) is 0 Å². The van der Waals surface area contributed by atoms with Crippen molar-refractivity contribution in [2.45, 2.75) is 33.6 Å². The molecule has 20 heavy (non-hydrogen) atoms. The van der Waals surface area contributed by atoms with Crippen LogP contribution in [0.5, 0.6) is 0 Å². The van der Waals surface area contributed by atoms with Crippen molar-refractivity contribution in [1.82, 2.24) is 4.98 Å². The molecule has 1 aromatic carbocycles. The van der Waals surface area contributed by atoms with Crippen molar-refractivity contribution in [3.8, 4) is 11.3 Å². The van der Waals surface area contributed by atoms with Crippen LogP contribution in [0.25, 0.3) is 11.3 Å². The Morgan fingerprint density at radius 2 is 2.15 bits per heavy atom. The van der Waals surface area contributed by atoms with Crippen molar-refractivity contribution in [1.29, 1.82) is 0 Å². The van der Waals surface area contributed by atoms with Crippen molar-refractivity contribution in [2.24, 2.45) is 0 Å². The summed E-state index contributed by atoms with van der Waals surface area (Å²) in [5.41, 5.74) is 10.1. The Morgan fingerprint density at radius 1 is 1.40 bits per heavy atom. The Kier molecular flexibility index (Phi) is 4.39. The predicted octanol–water partition coefficient (Wildman–Crippen LogP) is 3.75. The number of nitrogens with two attached hydrogens (primary N) is 1. The van der Waals surface area contributed by atoms with Gasteiger partial charge >= 0.3 is 0 Å². The fourth-order valence-electron chi connectivity index (χ4n) is 2.07. The standard InChI is InChI=1S/C15H19N3OS/c1-4-5-12(19)17-15-18-13(14(16)20-15)11-7-6-9(2)8-10(11)3/h6-8H,4-5,16H2,1-3H3,(H,17,18,19). The van der Waals surface area contributed by atoms with E-state index in [1.54, 1.807) is 0 Å². The van der Waals surface area contributed by atoms with Crippen LogP contribution in [0, 0.1) is 13.8 Å². The number of thiazole rings is 1. The summed E-state index contributed by atoms with van der Waals surface area (Å²) in [4.78, 5) is 16.1. The largest absolute Gasteiger partial charge is 0.389 e. The number of carbonyl (C=O) groups excluding carboxylic acids is 1. The van der Waals surface area contributed by atoms with E-state index in [2.05, 4.69) is 23.3 Å². The van der Waals surface area contributed by atoms with Crippen molar-refractivity contribution in [3.63, 3.8) is 0 Å². The quantitative estimate of drug-likeness (QED) is 0.900. The molecule has 0 saturated heterocycles. The van der Waals surface area contributed by atoms with Gasteiger partial charge in [0, 0.05) is 12.0 Å². The highest BCUT2D eigenvalue weighted by molar-refractivity contribution is 7.20. The highest BCUT2D eigenvalue weighted by Gasteiger charge is 2.14. The zero-order chi connectivity index (χ0) is 14.7. The second kappa shape index (κ2) is 6.05. The number of benzene rings is 1. The third-order valence-corrected chi connectivity index (χ3v) is 3.81. The van der Waals surface area contributed by atoms with E-state index in [4.69, 9.17) is 5.73 Å². The molecule has 0 unspecified atom stereocenters. The summed E-state index contributed by atoms with van der Waals surface area (Å²) in [5, 5.41) is 3.99. The number of nitrogen functional groups attached to an aromatic ring is 1. The predicted molar refractivity (Wildman–Crippen MR) is 85.0 cm³/mol. The lowest BCUT2D eigenvalue weighted by molar-refractivity contribution is -0.116. The lowest BCUT2D eigenvalue weighted by Gasteiger charge is -2.04. The van der Waals surface area contributed by atoms with Crippen LogP contribution in [0.1, 0.15) is 30.9 Å². The maximum absolute atomic E-state index is 11.6. The lowest BCUT2D eigenvalue weighted by atomic mass is 10.0. The monoisotopic (exact) mass is 289 g/mol. The molecule has 2 rings (SSSR count). The van der Waals surface area contributed by atoms with Crippen LogP contribution in [0.4, 0.5) is 10.1 Å². The van der Waals surface area contributed by atoms with Gasteiger partial charge in [0.15, 0.2) is 5.13 Å². The molecular weight excluding hydrogens is 270 g/mol. The first-order valence-corrected chi connectivity index (χ1v) is 7.46. The number of amides is 1. The second-order valence-electron chi connectivity index (χ2n) is 4.85. The maximum atomic E-state index is 11.6. The highest BCUT2D eigenvalue weighted by Crippen LogP contribution is 2.35. The van der Waals surface area contributed by atoms with E-state index >= 15 is 0 Å². The number of hydrogen-bond acceptors (Lipinski definition) is 4. The topological polar surface area (TPSA) is 68.0 Å². The van der Waals surface area contributed by atoms with E-state index in [0.717, 1.165) is 23.2 Å². The minimum Gasteiger partial charge on any atom is -0.389 e. The van der Waals surface area contributed by atoms with Crippen LogP contribution in [0.2, 0.25) is 0 Å². The minimum absolute atomic E-state index is 0.0200. The van der Waals surface area contributed by atoms with Crippen LogP contribution < -0.4 is 11.1 Å². The van der Waals surface area contributed by atoms with Gasteiger partial charge in [-0.25, -0.2) is 4.98 Å². The maximum Gasteiger partial charge on any atom is 0.226 e. The number of carbonyl (C=O) groups is 1. The Hall–Kier alpha value is -1.88. The molecule has 0 radical (unpaired) electrons. The van der Waals surface area contributed by atoms with E-state index in [-0.39, 0.29) is 5.91 Å². The van der Waals surface area contributed by atoms with Gasteiger partial charge in [-0.15, -0.1) is 0 Å². The number of rotatable bonds is 4. The normalized spacial score (nSPS) is 10.6. The molecule has 4 nitrogen and oxygen atoms in total. The lowest BCUT2D eigenvalue weighted by Crippen LogP contribution is -2.10. The average Bonchev–Trinajstić information content (AvgIpc) is 2.70. The van der Waals surface area contributed by atoms with Crippen molar-refractivity contribution in [2.75, 3.05) is 11.1 Å². The van der Waals surface area contributed by atoms with Crippen LogP contribution in [-0.4, -0.2) is 10.9 Å². The molecule has 5 heteroatoms. The molecule has 1 amide bonds. The first-order chi connectivity index (χ1) is 9.51. The summed E-state index contributed by atoms with van der Waals surface area (Å²) in [6.45, 7) is 6.06. The Balaban J connectivity index is 2.29. The molecule has 1 aromatic heterocycles. The van der Waals surface area contributed by atoms with Gasteiger partial charge in [0.1, 0.15) is 10.7 Å². The van der Waals surface area contributed by atoms with Gasteiger partial charge in [-0.3, -0.25) is 4.79 Å². The Labute approximate surface area is 123 Å². The van der Waals surface area contributed by atoms with Gasteiger partial charge in [0.2, 0.25) is 5.91 Å². The van der Waals surface area contributed by atoms with Crippen LogP contribution in [0.15, 0.2) is 18.2 Å². The van der Waals surface area contributed by atoms with Crippen molar-refractivity contribution >= 4 is 27.4 Å². The van der Waals surface area contributed by atoms with Crippen LogP contribution in [-0.2, 0) is 4.79 Å². The van der Waals surface area contributed by atoms with Gasteiger partial charge in [0.05, 0.1) is 0 Å². The average molecular weight is 289 g/mol. The van der Waals surface area contributed by atoms with E-state index in [1.807, 2.05) is 26.0 Å². The van der Waals surface area contributed by atoms with E-state index in [0.29, 0.717) is 16.6 Å². The summed E-state index contributed by atoms with van der Waals surface area (Å²) in [7, 11) is 0. The third kappa shape index (κ3) is 3.17. The number of anilines is 2. The summed E-state index contributed by atoms with van der Waals surface area (Å²) < 4.78 is 0. The number of hydrogen-bond donors (Lipinski definition) is 2. The molecule has 3 N–H and O–H groups in total. The van der Waals surface area contributed by atoms with E-state index in [9.17, 15) is 4.79 Å². The minimum atomic E-state index is -0.0200. The zero-order valence-corrected chi connectivity index (χ0v) is 12.8. The van der Waals surface area contributed by atoms with Crippen LogP contribution in [0.3, 0.4) is 0 Å². The molecule has 0 atom stereocenters. The zero-order valence-electron chi connectivity index (χ0n) is 12.0. The first kappa shape index (κ1) is 14.5. The third-order valence-electron chi connectivity index (χ3n) is 3.01. The molecule has 2 aromatic rings. The van der Waals surface area contributed by atoms with Crippen molar-refractivity contribution in [3.05, 3.63) is 29.3 Å². The first-order valence-electron chi connectivity index (χ1n) is 6.65. The summed E-state index contributed by atoms with van der Waals surface area (Å²) in [6.07, 6.45) is 1.31. The molecule has 0 fully saturated rings. The molecule has 0 spiro atoms. The fourth-order valence-corrected chi connectivity index (χ4v) is 2.83. The van der Waals surface area contributed by atoms with Gasteiger partial charge in [-0.2, -0.15) is 0 Å². The van der Waals surface area contributed by atoms with E-state index < -0.39 is 0 Å². The molecule has 0 bridgehead atoms. The SMILES string of the molecule is CCCC(=O)Nc1nc(-c2ccc(C)cc2C)c(N)s1. The fraction of sp³-hybridized carbons (Fsp3) is 0.333. The molecule has 0 aliphatic carbocycles. The molecule has 0 saturated carbocycles. The summed E-state index contributed by atoms with van der Waals surface area (Å²) >= 11 is 1.31. The van der Waals surface area contributed by atoms with Gasteiger partial charge in [-0.1, -0.05) is 42.0 Å². The van der Waals surface area contributed by atoms with Crippen LogP contribution >= 0.6 is 11.3 Å². The molecular formula is C15H19N3OS. The molecule has 1 heterocycles. The smallest absolute Gasteiger partial charge is 0.226 e. The molecule has 0 aliphatic heterocycles. The number of aromatic nitrogens is 1. The second-order valence-corrected chi connectivity index (χ2v) is 5.88. The van der Waals surface area contributed by atoms with E-state index in [1.165, 1.54) is 16.9 Å². The summed E-state index contributed by atoms with van der Waals surface area (Å²) in [5.74, 6) is -0.0200. The van der Waals surface area contributed by atoms with Crippen molar-refractivity contribution < 1.29 is 4.79 Å². The highest BCUT2D eigenvalue weighted by atomic mass is 32.1. The molecule has 106 valence electrons. The number of nitrogens with zero attached hydrogens (tertiary/aromatic N) is 1. The summed E-state index contributed by atoms with van der Waals surface area (Å²) in [6, 6.07) is 6.16. The Morgan fingerprint density at radius 3 is 2.80 bits per heavy atom. The van der Waals surface area contributed by atoms with Gasteiger partial charge in [-0.05, 0) is 25.8 Å².